The van der Waals surface area contributed by atoms with E-state index in [2.05, 4.69) is 43.4 Å². The number of hydrogen-bond acceptors (Lipinski definition) is 3. The minimum atomic E-state index is -0.0487. The first-order chi connectivity index (χ1) is 7.20. The zero-order valence-electron chi connectivity index (χ0n) is 8.95. The van der Waals surface area contributed by atoms with Crippen LogP contribution in [0.1, 0.15) is 25.3 Å². The van der Waals surface area contributed by atoms with Crippen molar-refractivity contribution >= 4 is 17.4 Å². The maximum atomic E-state index is 8.83. The van der Waals surface area contributed by atoms with E-state index >= 15 is 0 Å². The largest absolute Gasteiger partial charge is 0.368 e. The third kappa shape index (κ3) is 2.10. The highest BCUT2D eigenvalue weighted by Gasteiger charge is 2.17. The molecule has 1 atom stereocenters. The van der Waals surface area contributed by atoms with E-state index in [0.717, 1.165) is 11.4 Å². The Hall–Kier alpha value is -1.14. The number of thioether (sulfide) groups is 1. The summed E-state index contributed by atoms with van der Waals surface area (Å²) in [7, 11) is 0. The van der Waals surface area contributed by atoms with Crippen molar-refractivity contribution < 1.29 is 0 Å². The number of anilines is 1. The van der Waals surface area contributed by atoms with Gasteiger partial charge in [-0.2, -0.15) is 5.26 Å². The van der Waals surface area contributed by atoms with Crippen LogP contribution < -0.4 is 5.32 Å². The van der Waals surface area contributed by atoms with Crippen LogP contribution in [0.15, 0.2) is 23.1 Å². The van der Waals surface area contributed by atoms with Crippen LogP contribution in [0.2, 0.25) is 0 Å². The van der Waals surface area contributed by atoms with Crippen molar-refractivity contribution in [3.63, 3.8) is 0 Å². The summed E-state index contributed by atoms with van der Waals surface area (Å²) in [6.07, 6.45) is 0. The van der Waals surface area contributed by atoms with Crippen molar-refractivity contribution in [2.45, 2.75) is 30.7 Å². The van der Waals surface area contributed by atoms with Crippen LogP contribution in [0.3, 0.4) is 0 Å². The molecule has 78 valence electrons. The van der Waals surface area contributed by atoms with Gasteiger partial charge >= 0.3 is 0 Å². The lowest BCUT2D eigenvalue weighted by molar-refractivity contribution is 0.860. The predicted molar refractivity (Wildman–Crippen MR) is 64.3 cm³/mol. The Bertz CT molecular complexity index is 407. The van der Waals surface area contributed by atoms with Gasteiger partial charge in [-0.15, -0.1) is 11.8 Å². The molecule has 3 heteroatoms. The van der Waals surface area contributed by atoms with Crippen molar-refractivity contribution in [1.82, 2.24) is 0 Å². The molecule has 1 aromatic rings. The van der Waals surface area contributed by atoms with Crippen LogP contribution >= 0.6 is 11.8 Å². The first-order valence-corrected chi connectivity index (χ1v) is 6.12. The molecule has 2 rings (SSSR count). The lowest BCUT2D eigenvalue weighted by atomic mass is 10.0. The minimum absolute atomic E-state index is 0.0487. The van der Waals surface area contributed by atoms with E-state index in [1.54, 1.807) is 11.8 Å². The van der Waals surface area contributed by atoms with Gasteiger partial charge in [-0.05, 0) is 23.6 Å². The molecule has 0 saturated heterocycles. The molecule has 1 N–H and O–H groups in total. The summed E-state index contributed by atoms with van der Waals surface area (Å²) >= 11 is 1.77. The molecular formula is C12H14N2S. The quantitative estimate of drug-likeness (QED) is 0.786. The number of nitrogens with zero attached hydrogens (tertiary/aromatic N) is 1. The third-order valence-electron chi connectivity index (χ3n) is 2.56. The molecule has 15 heavy (non-hydrogen) atoms. The van der Waals surface area contributed by atoms with Crippen LogP contribution in [-0.4, -0.2) is 11.8 Å². The number of nitriles is 1. The van der Waals surface area contributed by atoms with Crippen LogP contribution in [-0.2, 0) is 0 Å². The summed E-state index contributed by atoms with van der Waals surface area (Å²) < 4.78 is 0. The Morgan fingerprint density at radius 1 is 1.53 bits per heavy atom. The van der Waals surface area contributed by atoms with Gasteiger partial charge in [-0.1, -0.05) is 19.9 Å². The fourth-order valence-electron chi connectivity index (χ4n) is 1.61. The van der Waals surface area contributed by atoms with Gasteiger partial charge in [0.05, 0.1) is 6.07 Å². The molecule has 0 bridgehead atoms. The van der Waals surface area contributed by atoms with Crippen molar-refractivity contribution in [1.29, 1.82) is 5.26 Å². The van der Waals surface area contributed by atoms with Crippen LogP contribution in [0, 0.1) is 11.3 Å². The number of nitrogens with one attached hydrogen (secondary N) is 1. The highest BCUT2D eigenvalue weighted by molar-refractivity contribution is 7.99. The van der Waals surface area contributed by atoms with E-state index in [1.807, 2.05) is 0 Å². The topological polar surface area (TPSA) is 35.8 Å². The zero-order chi connectivity index (χ0) is 10.8. The Kier molecular flexibility index (Phi) is 2.88. The first kappa shape index (κ1) is 10.4. The maximum Gasteiger partial charge on any atom is 0.124 e. The average Bonchev–Trinajstić information content (AvgIpc) is 2.27. The molecule has 0 saturated carbocycles. The molecule has 0 fully saturated rings. The standard InChI is InChI=1S/C12H14N2S/c1-8(2)9-3-4-11-12(5-9)15-7-10(6-13)14-11/h3-5,8,10,14H,7H2,1-2H3. The van der Waals surface area contributed by atoms with Crippen molar-refractivity contribution in [3.05, 3.63) is 23.8 Å². The van der Waals surface area contributed by atoms with Gasteiger partial charge in [0, 0.05) is 16.3 Å². The van der Waals surface area contributed by atoms with Gasteiger partial charge in [-0.3, -0.25) is 0 Å². The molecule has 1 aromatic carbocycles. The van der Waals surface area contributed by atoms with E-state index in [1.165, 1.54) is 10.5 Å². The Labute approximate surface area is 94.7 Å². The fraction of sp³-hybridized carbons (Fsp3) is 0.417. The molecular weight excluding hydrogens is 204 g/mol. The van der Waals surface area contributed by atoms with Gasteiger partial charge in [0.15, 0.2) is 0 Å². The number of benzene rings is 1. The van der Waals surface area contributed by atoms with Crippen molar-refractivity contribution in [2.24, 2.45) is 0 Å². The van der Waals surface area contributed by atoms with Crippen molar-refractivity contribution in [2.75, 3.05) is 11.1 Å². The molecule has 0 amide bonds. The Morgan fingerprint density at radius 2 is 2.33 bits per heavy atom. The number of fused-ring (bicyclic) bond motifs is 1. The second-order valence-corrected chi connectivity index (χ2v) is 5.11. The second kappa shape index (κ2) is 4.16. The SMILES string of the molecule is CC(C)c1ccc2c(c1)SCC(C#N)N2. The second-order valence-electron chi connectivity index (χ2n) is 4.05. The van der Waals surface area contributed by atoms with Gasteiger partial charge in [0.2, 0.25) is 0 Å². The molecule has 0 spiro atoms. The maximum absolute atomic E-state index is 8.83. The van der Waals surface area contributed by atoms with Gasteiger partial charge < -0.3 is 5.32 Å². The van der Waals surface area contributed by atoms with Crippen LogP contribution in [0.5, 0.6) is 0 Å². The summed E-state index contributed by atoms with van der Waals surface area (Å²) in [5.74, 6) is 1.40. The zero-order valence-corrected chi connectivity index (χ0v) is 9.77. The lowest BCUT2D eigenvalue weighted by Gasteiger charge is -2.22. The first-order valence-electron chi connectivity index (χ1n) is 5.13. The Morgan fingerprint density at radius 3 is 3.00 bits per heavy atom. The van der Waals surface area contributed by atoms with E-state index in [4.69, 9.17) is 5.26 Å². The van der Waals surface area contributed by atoms with E-state index in [9.17, 15) is 0 Å². The number of rotatable bonds is 1. The molecule has 1 aliphatic heterocycles. The van der Waals surface area contributed by atoms with Crippen LogP contribution in [0.4, 0.5) is 5.69 Å². The monoisotopic (exact) mass is 218 g/mol. The minimum Gasteiger partial charge on any atom is -0.368 e. The summed E-state index contributed by atoms with van der Waals surface area (Å²) in [5, 5.41) is 12.1. The van der Waals surface area contributed by atoms with Gasteiger partial charge in [0.25, 0.3) is 0 Å². The number of hydrogen-bond donors (Lipinski definition) is 1. The predicted octanol–water partition coefficient (Wildman–Crippen LogP) is 3.22. The summed E-state index contributed by atoms with van der Waals surface area (Å²) in [6.45, 7) is 4.39. The third-order valence-corrected chi connectivity index (χ3v) is 3.71. The smallest absolute Gasteiger partial charge is 0.124 e. The van der Waals surface area contributed by atoms with Crippen LogP contribution in [0.25, 0.3) is 0 Å². The highest BCUT2D eigenvalue weighted by Crippen LogP contribution is 2.35. The Balaban J connectivity index is 2.29. The molecule has 1 aliphatic rings. The summed E-state index contributed by atoms with van der Waals surface area (Å²) in [5.41, 5.74) is 2.46. The molecule has 0 radical (unpaired) electrons. The molecule has 1 heterocycles. The highest BCUT2D eigenvalue weighted by atomic mass is 32.2. The molecule has 2 nitrogen and oxygen atoms in total. The normalized spacial score (nSPS) is 19.2. The molecule has 0 aromatic heterocycles. The molecule has 1 unspecified atom stereocenters. The van der Waals surface area contributed by atoms with Gasteiger partial charge in [0.1, 0.15) is 6.04 Å². The summed E-state index contributed by atoms with van der Waals surface area (Å²) in [6, 6.07) is 8.65. The van der Waals surface area contributed by atoms with E-state index in [0.29, 0.717) is 5.92 Å². The lowest BCUT2D eigenvalue weighted by Crippen LogP contribution is -2.23. The van der Waals surface area contributed by atoms with Crippen molar-refractivity contribution in [3.8, 4) is 6.07 Å². The molecule has 0 aliphatic carbocycles. The van der Waals surface area contributed by atoms with Gasteiger partial charge in [-0.25, -0.2) is 0 Å². The average molecular weight is 218 g/mol. The van der Waals surface area contributed by atoms with E-state index in [-0.39, 0.29) is 6.04 Å². The van der Waals surface area contributed by atoms with E-state index < -0.39 is 0 Å². The fourth-order valence-corrected chi connectivity index (χ4v) is 2.61. The summed E-state index contributed by atoms with van der Waals surface area (Å²) in [4.78, 5) is 1.27.